The predicted octanol–water partition coefficient (Wildman–Crippen LogP) is 5.44. The number of nitrogens with zero attached hydrogens (tertiary/aromatic N) is 1. The molecule has 1 unspecified atom stereocenters. The number of carbonyl (C=O) groups excluding carboxylic acids is 2. The van der Waals surface area contributed by atoms with Gasteiger partial charge >= 0.3 is 6.03 Å². The molecule has 134 valence electrons. The Bertz CT molecular complexity index is 903. The number of halogens is 4. The fourth-order valence-corrected chi connectivity index (χ4v) is 3.33. The standard InChI is InChI=1S/C18H12BrClF2N2O2/c19-13-8-14(20)15(22)9-16(13)23-18(26)24-6-5-12(25)7-17(24)10-1-3-11(21)4-2-10/h1-6,8-9,17H,7H2,(H,23,26). The average molecular weight is 442 g/mol. The van der Waals surface area contributed by atoms with Gasteiger partial charge in [0.05, 0.1) is 16.8 Å². The summed E-state index contributed by atoms with van der Waals surface area (Å²) in [5, 5.41) is 2.50. The first-order valence-corrected chi connectivity index (χ1v) is 8.72. The molecule has 1 atom stereocenters. The summed E-state index contributed by atoms with van der Waals surface area (Å²) in [6, 6.07) is 6.83. The molecule has 2 aromatic carbocycles. The summed E-state index contributed by atoms with van der Waals surface area (Å²) in [6.45, 7) is 0. The van der Waals surface area contributed by atoms with Gasteiger partial charge in [0.25, 0.3) is 0 Å². The highest BCUT2D eigenvalue weighted by atomic mass is 79.9. The second-order valence-electron chi connectivity index (χ2n) is 5.64. The van der Waals surface area contributed by atoms with Gasteiger partial charge in [-0.25, -0.2) is 13.6 Å². The number of rotatable bonds is 2. The van der Waals surface area contributed by atoms with Crippen molar-refractivity contribution >= 4 is 45.0 Å². The van der Waals surface area contributed by atoms with E-state index in [1.54, 1.807) is 0 Å². The minimum atomic E-state index is -0.676. The molecule has 0 fully saturated rings. The average Bonchev–Trinajstić information content (AvgIpc) is 2.60. The number of urea groups is 1. The molecule has 0 aliphatic carbocycles. The van der Waals surface area contributed by atoms with Crippen molar-refractivity contribution in [2.24, 2.45) is 0 Å². The first-order chi connectivity index (χ1) is 12.3. The fourth-order valence-electron chi connectivity index (χ4n) is 2.60. The summed E-state index contributed by atoms with van der Waals surface area (Å²) in [5.74, 6) is -1.24. The number of amides is 2. The lowest BCUT2D eigenvalue weighted by molar-refractivity contribution is -0.116. The van der Waals surface area contributed by atoms with Crippen molar-refractivity contribution in [3.05, 3.63) is 75.4 Å². The monoisotopic (exact) mass is 440 g/mol. The molecule has 1 N–H and O–H groups in total. The quantitative estimate of drug-likeness (QED) is 0.631. The van der Waals surface area contributed by atoms with Crippen LogP contribution in [-0.2, 0) is 4.79 Å². The van der Waals surface area contributed by atoms with Crippen molar-refractivity contribution in [2.75, 3.05) is 5.32 Å². The number of carbonyl (C=O) groups is 2. The zero-order valence-electron chi connectivity index (χ0n) is 13.2. The van der Waals surface area contributed by atoms with Crippen LogP contribution in [0.2, 0.25) is 5.02 Å². The predicted molar refractivity (Wildman–Crippen MR) is 97.9 cm³/mol. The third kappa shape index (κ3) is 3.94. The van der Waals surface area contributed by atoms with Crippen LogP contribution in [0.15, 0.2) is 53.1 Å². The number of ketones is 1. The van der Waals surface area contributed by atoms with Gasteiger partial charge in [-0.2, -0.15) is 0 Å². The van der Waals surface area contributed by atoms with Gasteiger partial charge in [-0.15, -0.1) is 0 Å². The van der Waals surface area contributed by atoms with E-state index in [1.807, 2.05) is 0 Å². The van der Waals surface area contributed by atoms with E-state index < -0.39 is 23.7 Å². The van der Waals surface area contributed by atoms with Gasteiger partial charge in [0.2, 0.25) is 0 Å². The zero-order chi connectivity index (χ0) is 18.8. The SMILES string of the molecule is O=C1C=CN(C(=O)Nc2cc(F)c(Cl)cc2Br)C(c2ccc(F)cc2)C1. The Morgan fingerprint density at radius 3 is 2.62 bits per heavy atom. The minimum Gasteiger partial charge on any atom is -0.306 e. The molecule has 2 aromatic rings. The summed E-state index contributed by atoms with van der Waals surface area (Å²) in [6.07, 6.45) is 2.71. The van der Waals surface area contributed by atoms with Crippen molar-refractivity contribution in [3.63, 3.8) is 0 Å². The second-order valence-corrected chi connectivity index (χ2v) is 6.90. The molecule has 26 heavy (non-hydrogen) atoms. The Morgan fingerprint density at radius 1 is 1.23 bits per heavy atom. The molecular weight excluding hydrogens is 430 g/mol. The molecule has 8 heteroatoms. The highest BCUT2D eigenvalue weighted by Gasteiger charge is 2.29. The van der Waals surface area contributed by atoms with E-state index in [-0.39, 0.29) is 22.9 Å². The van der Waals surface area contributed by atoms with Crippen molar-refractivity contribution in [1.82, 2.24) is 4.90 Å². The van der Waals surface area contributed by atoms with E-state index in [0.717, 1.165) is 6.07 Å². The van der Waals surface area contributed by atoms with Crippen LogP contribution in [0.5, 0.6) is 0 Å². The molecule has 0 bridgehead atoms. The topological polar surface area (TPSA) is 49.4 Å². The molecule has 1 aliphatic heterocycles. The van der Waals surface area contributed by atoms with Gasteiger partial charge in [0.15, 0.2) is 5.78 Å². The number of hydrogen-bond donors (Lipinski definition) is 1. The molecular formula is C18H12BrClF2N2O2. The lowest BCUT2D eigenvalue weighted by Crippen LogP contribution is -2.37. The lowest BCUT2D eigenvalue weighted by atomic mass is 9.97. The summed E-state index contributed by atoms with van der Waals surface area (Å²) in [7, 11) is 0. The molecule has 0 radical (unpaired) electrons. The van der Waals surface area contributed by atoms with E-state index in [4.69, 9.17) is 11.6 Å². The van der Waals surface area contributed by atoms with Crippen LogP contribution in [0.3, 0.4) is 0 Å². The Hall–Kier alpha value is -2.25. The zero-order valence-corrected chi connectivity index (χ0v) is 15.5. The Morgan fingerprint density at radius 2 is 1.92 bits per heavy atom. The van der Waals surface area contributed by atoms with Crippen LogP contribution in [0.4, 0.5) is 19.3 Å². The molecule has 0 aromatic heterocycles. The van der Waals surface area contributed by atoms with Crippen molar-refractivity contribution < 1.29 is 18.4 Å². The van der Waals surface area contributed by atoms with Crippen LogP contribution < -0.4 is 5.32 Å². The highest BCUT2D eigenvalue weighted by molar-refractivity contribution is 9.10. The van der Waals surface area contributed by atoms with E-state index in [9.17, 15) is 18.4 Å². The number of nitrogens with one attached hydrogen (secondary N) is 1. The van der Waals surface area contributed by atoms with Crippen molar-refractivity contribution in [2.45, 2.75) is 12.5 Å². The van der Waals surface area contributed by atoms with Gasteiger partial charge in [-0.1, -0.05) is 23.7 Å². The normalized spacial score (nSPS) is 16.7. The summed E-state index contributed by atoms with van der Waals surface area (Å²) >= 11 is 8.91. The van der Waals surface area contributed by atoms with Crippen molar-refractivity contribution in [1.29, 1.82) is 0 Å². The van der Waals surface area contributed by atoms with Gasteiger partial charge in [-0.3, -0.25) is 9.69 Å². The maximum Gasteiger partial charge on any atom is 0.326 e. The van der Waals surface area contributed by atoms with Crippen LogP contribution >= 0.6 is 27.5 Å². The summed E-state index contributed by atoms with van der Waals surface area (Å²) in [5.41, 5.74) is 0.806. The van der Waals surface area contributed by atoms with Gasteiger partial charge in [0, 0.05) is 23.2 Å². The Kier molecular flexibility index (Phi) is 5.38. The maximum atomic E-state index is 13.7. The first-order valence-electron chi connectivity index (χ1n) is 7.55. The molecule has 0 saturated carbocycles. The van der Waals surface area contributed by atoms with E-state index in [0.29, 0.717) is 10.0 Å². The van der Waals surface area contributed by atoms with Gasteiger partial charge in [-0.05, 0) is 45.8 Å². The van der Waals surface area contributed by atoms with Crippen LogP contribution in [-0.4, -0.2) is 16.7 Å². The van der Waals surface area contributed by atoms with Crippen LogP contribution in [0.1, 0.15) is 18.0 Å². The Labute approximate surface area is 161 Å². The largest absolute Gasteiger partial charge is 0.326 e. The van der Waals surface area contributed by atoms with E-state index >= 15 is 0 Å². The highest BCUT2D eigenvalue weighted by Crippen LogP contribution is 2.32. The smallest absolute Gasteiger partial charge is 0.306 e. The number of anilines is 1. The second kappa shape index (κ2) is 7.55. The number of allylic oxidation sites excluding steroid dienone is 1. The molecule has 1 heterocycles. The van der Waals surface area contributed by atoms with Crippen LogP contribution in [0, 0.1) is 11.6 Å². The lowest BCUT2D eigenvalue weighted by Gasteiger charge is -2.31. The van der Waals surface area contributed by atoms with Gasteiger partial charge in [0.1, 0.15) is 11.6 Å². The van der Waals surface area contributed by atoms with E-state index in [1.165, 1.54) is 47.5 Å². The van der Waals surface area contributed by atoms with Crippen LogP contribution in [0.25, 0.3) is 0 Å². The number of benzene rings is 2. The summed E-state index contributed by atoms with van der Waals surface area (Å²) in [4.78, 5) is 25.8. The molecule has 0 spiro atoms. The van der Waals surface area contributed by atoms with Crippen molar-refractivity contribution in [3.8, 4) is 0 Å². The summed E-state index contributed by atoms with van der Waals surface area (Å²) < 4.78 is 27.2. The van der Waals surface area contributed by atoms with E-state index in [2.05, 4.69) is 21.2 Å². The molecule has 1 aliphatic rings. The molecule has 3 rings (SSSR count). The fraction of sp³-hybridized carbons (Fsp3) is 0.111. The maximum absolute atomic E-state index is 13.7. The Balaban J connectivity index is 1.88. The molecule has 2 amide bonds. The minimum absolute atomic E-state index is 0.0612. The molecule has 0 saturated heterocycles. The third-order valence-corrected chi connectivity index (χ3v) is 4.84. The number of hydrogen-bond acceptors (Lipinski definition) is 2. The first kappa shape index (κ1) is 18.5. The molecule has 4 nitrogen and oxygen atoms in total. The third-order valence-electron chi connectivity index (χ3n) is 3.89. The van der Waals surface area contributed by atoms with Gasteiger partial charge < -0.3 is 5.32 Å².